The fourth-order valence-electron chi connectivity index (χ4n) is 4.52. The van der Waals surface area contributed by atoms with Crippen LogP contribution >= 0.6 is 0 Å². The monoisotopic (exact) mass is 475 g/mol. The minimum Gasteiger partial charge on any atom is -0.370 e. The van der Waals surface area contributed by atoms with Crippen molar-refractivity contribution in [3.63, 3.8) is 0 Å². The molecule has 7 heteroatoms. The smallest absolute Gasteiger partial charge is 0.370 e. The Balaban J connectivity index is 1.46. The molecular formula is C28H24F3N3O. The SMILES string of the molecule is O=C(Nc1cc(C(F)(F)F)ccc1N1CCCCC1)c1cccc(-c2ccc3ccncc3c2)c1. The molecule has 0 aliphatic carbocycles. The maximum atomic E-state index is 13.4. The predicted molar refractivity (Wildman–Crippen MR) is 133 cm³/mol. The average Bonchev–Trinajstić information content (AvgIpc) is 2.88. The first-order chi connectivity index (χ1) is 16.9. The molecule has 1 aliphatic rings. The summed E-state index contributed by atoms with van der Waals surface area (Å²) in [4.78, 5) is 19.4. The summed E-state index contributed by atoms with van der Waals surface area (Å²) in [5, 5.41) is 4.80. The van der Waals surface area contributed by atoms with E-state index in [0.29, 0.717) is 11.3 Å². The number of carbonyl (C=O) groups is 1. The Kier molecular flexibility index (Phi) is 6.16. The number of carbonyl (C=O) groups excluding carboxylic acids is 1. The van der Waals surface area contributed by atoms with Crippen molar-refractivity contribution in [3.05, 3.63) is 90.3 Å². The standard InChI is InChI=1S/C28H24F3N3O/c29-28(30,31)24-9-10-26(34-13-2-1-3-14-34)25(17-24)33-27(35)22-6-4-5-20(15-22)21-8-7-19-11-12-32-18-23(19)16-21/h4-12,15-18H,1-3,13-14H2,(H,33,35). The number of amides is 1. The van der Waals surface area contributed by atoms with Crippen LogP contribution in [0.4, 0.5) is 24.5 Å². The van der Waals surface area contributed by atoms with Gasteiger partial charge in [0, 0.05) is 36.4 Å². The number of pyridine rings is 1. The minimum atomic E-state index is -4.50. The number of anilines is 2. The lowest BCUT2D eigenvalue weighted by Gasteiger charge is -2.31. The summed E-state index contributed by atoms with van der Waals surface area (Å²) in [6.45, 7) is 1.50. The first-order valence-electron chi connectivity index (χ1n) is 11.6. The van der Waals surface area contributed by atoms with Crippen molar-refractivity contribution in [2.24, 2.45) is 0 Å². The Morgan fingerprint density at radius 1 is 0.857 bits per heavy atom. The molecule has 0 radical (unpaired) electrons. The molecule has 2 heterocycles. The van der Waals surface area contributed by atoms with E-state index in [1.165, 1.54) is 6.07 Å². The highest BCUT2D eigenvalue weighted by Gasteiger charge is 2.32. The van der Waals surface area contributed by atoms with Crippen molar-refractivity contribution in [1.82, 2.24) is 4.98 Å². The molecular weight excluding hydrogens is 451 g/mol. The fraction of sp³-hybridized carbons (Fsp3) is 0.214. The van der Waals surface area contributed by atoms with Crippen LogP contribution in [0.15, 0.2) is 79.1 Å². The number of benzene rings is 3. The van der Waals surface area contributed by atoms with Gasteiger partial charge in [-0.25, -0.2) is 0 Å². The van der Waals surface area contributed by atoms with E-state index < -0.39 is 17.6 Å². The van der Waals surface area contributed by atoms with Gasteiger partial charge in [-0.2, -0.15) is 13.2 Å². The molecule has 3 aromatic carbocycles. The summed E-state index contributed by atoms with van der Waals surface area (Å²) in [5.41, 5.74) is 2.14. The zero-order chi connectivity index (χ0) is 24.4. The van der Waals surface area contributed by atoms with Crippen molar-refractivity contribution in [3.8, 4) is 11.1 Å². The van der Waals surface area contributed by atoms with Crippen LogP contribution in [0.25, 0.3) is 21.9 Å². The van der Waals surface area contributed by atoms with Crippen LogP contribution in [0.2, 0.25) is 0 Å². The maximum absolute atomic E-state index is 13.4. The Morgan fingerprint density at radius 3 is 2.46 bits per heavy atom. The zero-order valence-corrected chi connectivity index (χ0v) is 19.0. The number of piperidine rings is 1. The molecule has 178 valence electrons. The third-order valence-corrected chi connectivity index (χ3v) is 6.37. The van der Waals surface area contributed by atoms with Crippen LogP contribution < -0.4 is 10.2 Å². The van der Waals surface area contributed by atoms with E-state index in [-0.39, 0.29) is 5.69 Å². The second-order valence-electron chi connectivity index (χ2n) is 8.75. The van der Waals surface area contributed by atoms with E-state index in [1.54, 1.807) is 30.6 Å². The van der Waals surface area contributed by atoms with Gasteiger partial charge < -0.3 is 10.2 Å². The molecule has 0 bridgehead atoms. The number of halogens is 3. The molecule has 0 spiro atoms. The highest BCUT2D eigenvalue weighted by Crippen LogP contribution is 2.36. The van der Waals surface area contributed by atoms with Crippen LogP contribution in [0.5, 0.6) is 0 Å². The zero-order valence-electron chi connectivity index (χ0n) is 19.0. The molecule has 1 N–H and O–H groups in total. The highest BCUT2D eigenvalue weighted by atomic mass is 19.4. The number of fused-ring (bicyclic) bond motifs is 1. The van der Waals surface area contributed by atoms with E-state index in [4.69, 9.17) is 0 Å². The predicted octanol–water partition coefficient (Wildman–Crippen LogP) is 7.16. The molecule has 0 atom stereocenters. The van der Waals surface area contributed by atoms with Gasteiger partial charge in [-0.1, -0.05) is 24.3 Å². The minimum absolute atomic E-state index is 0.175. The third kappa shape index (κ3) is 4.99. The molecule has 4 nitrogen and oxygen atoms in total. The van der Waals surface area contributed by atoms with Crippen LogP contribution in [-0.2, 0) is 6.18 Å². The molecule has 0 unspecified atom stereocenters. The van der Waals surface area contributed by atoms with Crippen molar-refractivity contribution in [1.29, 1.82) is 0 Å². The Labute approximate surface area is 201 Å². The molecule has 5 rings (SSSR count). The number of nitrogens with one attached hydrogen (secondary N) is 1. The number of hydrogen-bond acceptors (Lipinski definition) is 3. The van der Waals surface area contributed by atoms with Crippen LogP contribution in [0, 0.1) is 0 Å². The van der Waals surface area contributed by atoms with E-state index in [9.17, 15) is 18.0 Å². The van der Waals surface area contributed by atoms with Crippen LogP contribution in [0.3, 0.4) is 0 Å². The van der Waals surface area contributed by atoms with E-state index in [0.717, 1.165) is 66.4 Å². The Hall–Kier alpha value is -3.87. The normalized spacial score (nSPS) is 14.2. The molecule has 0 saturated carbocycles. The second kappa shape index (κ2) is 9.41. The number of alkyl halides is 3. The lowest BCUT2D eigenvalue weighted by atomic mass is 10.00. The lowest BCUT2D eigenvalue weighted by molar-refractivity contribution is -0.137. The maximum Gasteiger partial charge on any atom is 0.416 e. The van der Waals surface area contributed by atoms with Gasteiger partial charge in [0.1, 0.15) is 0 Å². The second-order valence-corrected chi connectivity index (χ2v) is 8.75. The highest BCUT2D eigenvalue weighted by molar-refractivity contribution is 6.06. The molecule has 1 aromatic heterocycles. The molecule has 1 fully saturated rings. The lowest BCUT2D eigenvalue weighted by Crippen LogP contribution is -2.30. The number of aromatic nitrogens is 1. The Bertz CT molecular complexity index is 1380. The molecule has 1 saturated heterocycles. The quantitative estimate of drug-likeness (QED) is 0.341. The third-order valence-electron chi connectivity index (χ3n) is 6.37. The molecule has 1 aliphatic heterocycles. The van der Waals surface area contributed by atoms with Gasteiger partial charge in [0.15, 0.2) is 0 Å². The summed E-state index contributed by atoms with van der Waals surface area (Å²) in [6, 6.07) is 18.6. The van der Waals surface area contributed by atoms with Gasteiger partial charge in [-0.3, -0.25) is 9.78 Å². The van der Waals surface area contributed by atoms with Gasteiger partial charge in [-0.15, -0.1) is 0 Å². The summed E-state index contributed by atoms with van der Waals surface area (Å²) < 4.78 is 40.3. The van der Waals surface area contributed by atoms with Crippen LogP contribution in [0.1, 0.15) is 35.2 Å². The van der Waals surface area contributed by atoms with E-state index in [1.807, 2.05) is 35.2 Å². The van der Waals surface area contributed by atoms with Crippen molar-refractivity contribution in [2.75, 3.05) is 23.3 Å². The Morgan fingerprint density at radius 2 is 1.66 bits per heavy atom. The first kappa shape index (κ1) is 22.9. The first-order valence-corrected chi connectivity index (χ1v) is 11.6. The van der Waals surface area contributed by atoms with E-state index >= 15 is 0 Å². The van der Waals surface area contributed by atoms with E-state index in [2.05, 4.69) is 10.3 Å². The van der Waals surface area contributed by atoms with Gasteiger partial charge >= 0.3 is 6.18 Å². The summed E-state index contributed by atoms with van der Waals surface area (Å²) in [7, 11) is 0. The van der Waals surface area contributed by atoms with Crippen molar-refractivity contribution in [2.45, 2.75) is 25.4 Å². The molecule has 35 heavy (non-hydrogen) atoms. The van der Waals surface area contributed by atoms with Gasteiger partial charge in [0.2, 0.25) is 0 Å². The van der Waals surface area contributed by atoms with Gasteiger partial charge in [0.05, 0.1) is 16.9 Å². The van der Waals surface area contributed by atoms with Crippen LogP contribution in [-0.4, -0.2) is 24.0 Å². The van der Waals surface area contributed by atoms with Crippen molar-refractivity contribution < 1.29 is 18.0 Å². The number of hydrogen-bond donors (Lipinski definition) is 1. The van der Waals surface area contributed by atoms with Crippen molar-refractivity contribution >= 4 is 28.1 Å². The average molecular weight is 476 g/mol. The summed E-state index contributed by atoms with van der Waals surface area (Å²) in [5.74, 6) is -0.452. The summed E-state index contributed by atoms with van der Waals surface area (Å²) >= 11 is 0. The number of nitrogens with zero attached hydrogens (tertiary/aromatic N) is 2. The summed E-state index contributed by atoms with van der Waals surface area (Å²) in [6.07, 6.45) is 2.06. The number of rotatable bonds is 4. The van der Waals surface area contributed by atoms with Gasteiger partial charge in [-0.05, 0) is 78.2 Å². The topological polar surface area (TPSA) is 45.2 Å². The largest absolute Gasteiger partial charge is 0.416 e. The van der Waals surface area contributed by atoms with Gasteiger partial charge in [0.25, 0.3) is 5.91 Å². The molecule has 4 aromatic rings. The molecule has 1 amide bonds. The fourth-order valence-corrected chi connectivity index (χ4v) is 4.52.